The molecule has 0 bridgehead atoms. The Balaban J connectivity index is 1.75. The van der Waals surface area contributed by atoms with Crippen LogP contribution >= 0.6 is 0 Å². The molecule has 0 spiro atoms. The second kappa shape index (κ2) is 5.23. The fraction of sp³-hybridized carbons (Fsp3) is 0.571. The molecule has 0 amide bonds. The molecule has 2 heterocycles. The maximum atomic E-state index is 14.3. The zero-order valence-corrected chi connectivity index (χ0v) is 10.7. The van der Waals surface area contributed by atoms with Gasteiger partial charge < -0.3 is 14.2 Å². The summed E-state index contributed by atoms with van der Waals surface area (Å²) in [7, 11) is 5.79. The van der Waals surface area contributed by atoms with Gasteiger partial charge in [-0.1, -0.05) is 30.3 Å². The highest BCUT2D eigenvalue weighted by molar-refractivity contribution is 6.12. The van der Waals surface area contributed by atoms with Crippen molar-refractivity contribution in [1.29, 1.82) is 0 Å². The molecular weight excluding hydrogens is 246 g/mol. The molecule has 2 aliphatic rings. The van der Waals surface area contributed by atoms with E-state index in [-0.39, 0.29) is 12.2 Å². The van der Waals surface area contributed by atoms with Crippen LogP contribution in [0.25, 0.3) is 0 Å². The van der Waals surface area contributed by atoms with Crippen molar-refractivity contribution in [3.63, 3.8) is 0 Å². The topological polar surface area (TPSA) is 27.7 Å². The Bertz CT molecular complexity index is 428. The Morgan fingerprint density at radius 3 is 2.68 bits per heavy atom. The summed E-state index contributed by atoms with van der Waals surface area (Å²) in [5.74, 6) is -0.657. The van der Waals surface area contributed by atoms with E-state index < -0.39 is 24.4 Å². The monoisotopic (exact) mass is 262 g/mol. The Morgan fingerprint density at radius 1 is 1.21 bits per heavy atom. The summed E-state index contributed by atoms with van der Waals surface area (Å²) < 4.78 is 31.2. The van der Waals surface area contributed by atoms with Crippen LogP contribution in [0.5, 0.6) is 0 Å². The van der Waals surface area contributed by atoms with Gasteiger partial charge in [0.05, 0.1) is 20.6 Å². The van der Waals surface area contributed by atoms with Crippen LogP contribution < -0.4 is 0 Å². The van der Waals surface area contributed by atoms with Gasteiger partial charge in [0.15, 0.2) is 6.29 Å². The minimum atomic E-state index is -1.23. The van der Waals surface area contributed by atoms with E-state index in [0.29, 0.717) is 6.61 Å². The molecule has 0 N–H and O–H groups in total. The Kier molecular flexibility index (Phi) is 3.61. The first-order chi connectivity index (χ1) is 9.16. The third kappa shape index (κ3) is 2.42. The fourth-order valence-electron chi connectivity index (χ4n) is 2.57. The van der Waals surface area contributed by atoms with E-state index in [2.05, 4.69) is 0 Å². The van der Waals surface area contributed by atoms with Gasteiger partial charge in [-0.2, -0.15) is 0 Å². The zero-order chi connectivity index (χ0) is 13.4. The molecule has 1 aromatic rings. The third-order valence-corrected chi connectivity index (χ3v) is 3.74. The van der Waals surface area contributed by atoms with Crippen LogP contribution in [0.1, 0.15) is 18.8 Å². The molecule has 19 heavy (non-hydrogen) atoms. The van der Waals surface area contributed by atoms with Gasteiger partial charge in [0, 0.05) is 5.56 Å². The molecule has 1 aromatic carbocycles. The van der Waals surface area contributed by atoms with Crippen molar-refractivity contribution in [2.75, 3.05) is 6.61 Å². The number of halogens is 1. The van der Waals surface area contributed by atoms with Gasteiger partial charge in [0.1, 0.15) is 18.4 Å². The largest absolute Gasteiger partial charge is 0.370 e. The molecule has 0 aliphatic carbocycles. The third-order valence-electron chi connectivity index (χ3n) is 3.74. The van der Waals surface area contributed by atoms with E-state index in [0.717, 1.165) is 5.56 Å². The van der Waals surface area contributed by atoms with E-state index in [1.165, 1.54) is 0 Å². The predicted molar refractivity (Wildman–Crippen MR) is 68.7 cm³/mol. The van der Waals surface area contributed by atoms with Gasteiger partial charge in [-0.05, 0) is 12.7 Å². The summed E-state index contributed by atoms with van der Waals surface area (Å²) in [5.41, 5.74) is 0.875. The molecule has 3 rings (SSSR count). The van der Waals surface area contributed by atoms with Crippen LogP contribution in [-0.4, -0.2) is 38.9 Å². The lowest BCUT2D eigenvalue weighted by Gasteiger charge is -2.45. The number of benzene rings is 1. The van der Waals surface area contributed by atoms with Crippen molar-refractivity contribution in [3.05, 3.63) is 35.9 Å². The normalized spacial score (nSPS) is 42.6. The van der Waals surface area contributed by atoms with Crippen molar-refractivity contribution in [1.82, 2.24) is 0 Å². The number of fused-ring (bicyclic) bond motifs is 1. The SMILES string of the molecule is [B][C@@H]1C(C)O[C@@H]2CO[C@@H](c3ccccc3)O[C@H]2[C@H]1F. The lowest BCUT2D eigenvalue weighted by molar-refractivity contribution is -0.300. The average molecular weight is 262 g/mol. The summed E-state index contributed by atoms with van der Waals surface area (Å²) in [4.78, 5) is 0. The number of rotatable bonds is 1. The van der Waals surface area contributed by atoms with Crippen molar-refractivity contribution in [3.8, 4) is 0 Å². The van der Waals surface area contributed by atoms with E-state index in [4.69, 9.17) is 22.1 Å². The summed E-state index contributed by atoms with van der Waals surface area (Å²) in [6.45, 7) is 2.10. The molecule has 0 aromatic heterocycles. The number of alkyl halides is 1. The Morgan fingerprint density at radius 2 is 1.95 bits per heavy atom. The number of hydrogen-bond acceptors (Lipinski definition) is 3. The van der Waals surface area contributed by atoms with Crippen LogP contribution in [0, 0.1) is 0 Å². The van der Waals surface area contributed by atoms with E-state index in [1.54, 1.807) is 6.92 Å². The van der Waals surface area contributed by atoms with Gasteiger partial charge in [-0.25, -0.2) is 4.39 Å². The van der Waals surface area contributed by atoms with Gasteiger partial charge in [-0.3, -0.25) is 0 Å². The Hall–Kier alpha value is -0.905. The molecule has 2 aliphatic heterocycles. The maximum absolute atomic E-state index is 14.3. The number of hydrogen-bond donors (Lipinski definition) is 0. The van der Waals surface area contributed by atoms with Crippen LogP contribution in [0.4, 0.5) is 4.39 Å². The van der Waals surface area contributed by atoms with Crippen LogP contribution in [0.15, 0.2) is 30.3 Å². The molecule has 5 heteroatoms. The summed E-state index contributed by atoms with van der Waals surface area (Å²) >= 11 is 0. The first kappa shape index (κ1) is 13.1. The summed E-state index contributed by atoms with van der Waals surface area (Å²) in [5, 5.41) is 0. The first-order valence-electron chi connectivity index (χ1n) is 6.54. The van der Waals surface area contributed by atoms with Crippen molar-refractivity contribution < 1.29 is 18.6 Å². The fourth-order valence-corrected chi connectivity index (χ4v) is 2.57. The minimum absolute atomic E-state index is 0.321. The molecule has 2 fully saturated rings. The smallest absolute Gasteiger partial charge is 0.184 e. The average Bonchev–Trinajstić information content (AvgIpc) is 2.46. The summed E-state index contributed by atoms with van der Waals surface area (Å²) in [6, 6.07) is 9.49. The first-order valence-corrected chi connectivity index (χ1v) is 6.54. The molecule has 2 saturated heterocycles. The molecular formula is C14H16BFO3. The zero-order valence-electron chi connectivity index (χ0n) is 10.7. The van der Waals surface area contributed by atoms with E-state index >= 15 is 0 Å². The van der Waals surface area contributed by atoms with Crippen molar-refractivity contribution >= 4 is 7.85 Å². The molecule has 3 nitrogen and oxygen atoms in total. The quantitative estimate of drug-likeness (QED) is 0.726. The van der Waals surface area contributed by atoms with Gasteiger partial charge in [0.25, 0.3) is 0 Å². The molecule has 2 radical (unpaired) electrons. The van der Waals surface area contributed by atoms with Crippen molar-refractivity contribution in [2.24, 2.45) is 0 Å². The lowest BCUT2D eigenvalue weighted by Crippen LogP contribution is -2.55. The van der Waals surface area contributed by atoms with E-state index in [9.17, 15) is 4.39 Å². The molecule has 6 atom stereocenters. The van der Waals surface area contributed by atoms with Crippen molar-refractivity contribution in [2.45, 2.75) is 43.5 Å². The predicted octanol–water partition coefficient (Wildman–Crippen LogP) is 2.18. The highest BCUT2D eigenvalue weighted by atomic mass is 19.1. The second-order valence-corrected chi connectivity index (χ2v) is 5.08. The van der Waals surface area contributed by atoms with Gasteiger partial charge in [-0.15, -0.1) is 0 Å². The maximum Gasteiger partial charge on any atom is 0.184 e. The summed E-state index contributed by atoms with van der Waals surface area (Å²) in [6.07, 6.45) is -3.15. The van der Waals surface area contributed by atoms with Crippen LogP contribution in [0.2, 0.25) is 5.82 Å². The standard InChI is InChI=1S/C14H16BFO3/c1-8-11(15)12(16)13-10(18-8)7-17-14(19-13)9-5-3-2-4-6-9/h2-6,8,10-14H,7H2,1H3/t8?,10-,11-,12+,13-,14-/m1/s1. The highest BCUT2D eigenvalue weighted by Gasteiger charge is 2.46. The van der Waals surface area contributed by atoms with Gasteiger partial charge in [0.2, 0.25) is 0 Å². The minimum Gasteiger partial charge on any atom is -0.370 e. The lowest BCUT2D eigenvalue weighted by atomic mass is 9.74. The van der Waals surface area contributed by atoms with Crippen LogP contribution in [0.3, 0.4) is 0 Å². The Labute approximate surface area is 113 Å². The molecule has 1 unspecified atom stereocenters. The number of ether oxygens (including phenoxy) is 3. The molecule has 0 saturated carbocycles. The second-order valence-electron chi connectivity index (χ2n) is 5.08. The van der Waals surface area contributed by atoms with Crippen LogP contribution in [-0.2, 0) is 14.2 Å². The highest BCUT2D eigenvalue weighted by Crippen LogP contribution is 2.38. The van der Waals surface area contributed by atoms with Gasteiger partial charge >= 0.3 is 0 Å². The van der Waals surface area contributed by atoms with E-state index in [1.807, 2.05) is 30.3 Å². The molecule has 100 valence electrons.